The van der Waals surface area contributed by atoms with E-state index in [9.17, 15) is 8.42 Å². The van der Waals surface area contributed by atoms with E-state index >= 15 is 0 Å². The first-order valence-corrected chi connectivity index (χ1v) is 11.6. The molecule has 3 aromatic rings. The quantitative estimate of drug-likeness (QED) is 0.603. The van der Waals surface area contributed by atoms with Gasteiger partial charge in [-0.15, -0.1) is 0 Å². The van der Waals surface area contributed by atoms with Crippen LogP contribution in [0.15, 0.2) is 41.3 Å². The number of imidazole rings is 1. The fraction of sp³-hybridized carbons (Fsp3) is 0.409. The number of hydrogen-bond acceptors (Lipinski definition) is 6. The average molecular weight is 445 g/mol. The van der Waals surface area contributed by atoms with Crippen LogP contribution in [0, 0.1) is 0 Å². The maximum absolute atomic E-state index is 12.5. The van der Waals surface area contributed by atoms with E-state index < -0.39 is 10.0 Å². The molecule has 0 atom stereocenters. The molecule has 0 saturated carbocycles. The Kier molecular flexibility index (Phi) is 5.45. The molecule has 0 fully saturated rings. The molecular formula is C22H28N4O4S. The van der Waals surface area contributed by atoms with Crippen molar-refractivity contribution in [3.8, 4) is 11.5 Å². The third kappa shape index (κ3) is 3.88. The predicted molar refractivity (Wildman–Crippen MR) is 119 cm³/mol. The number of hydrogen-bond donors (Lipinski definition) is 1. The minimum Gasteiger partial charge on any atom is -0.454 e. The number of ether oxygens (including phenoxy) is 2. The van der Waals surface area contributed by atoms with E-state index in [4.69, 9.17) is 14.5 Å². The van der Waals surface area contributed by atoms with Crippen molar-refractivity contribution in [3.63, 3.8) is 0 Å². The van der Waals surface area contributed by atoms with Crippen molar-refractivity contribution < 1.29 is 17.9 Å². The topological polar surface area (TPSA) is 85.7 Å². The van der Waals surface area contributed by atoms with Crippen LogP contribution in [0.3, 0.4) is 0 Å². The smallest absolute Gasteiger partial charge is 0.242 e. The van der Waals surface area contributed by atoms with Crippen molar-refractivity contribution in [1.82, 2.24) is 19.2 Å². The molecule has 166 valence electrons. The Morgan fingerprint density at radius 1 is 1.13 bits per heavy atom. The van der Waals surface area contributed by atoms with Crippen LogP contribution in [0.5, 0.6) is 11.5 Å². The first kappa shape index (κ1) is 21.6. The van der Waals surface area contributed by atoms with Gasteiger partial charge in [-0.2, -0.15) is 0 Å². The highest BCUT2D eigenvalue weighted by Gasteiger charge is 2.25. The molecule has 2 aromatic carbocycles. The van der Waals surface area contributed by atoms with Crippen LogP contribution in [0.2, 0.25) is 0 Å². The summed E-state index contributed by atoms with van der Waals surface area (Å²) in [7, 11) is -0.458. The van der Waals surface area contributed by atoms with E-state index in [2.05, 4.69) is 30.7 Å². The Balaban J connectivity index is 1.62. The minimum atomic E-state index is -3.51. The largest absolute Gasteiger partial charge is 0.454 e. The Morgan fingerprint density at radius 3 is 2.58 bits per heavy atom. The molecule has 0 unspecified atom stereocenters. The Labute approximate surface area is 182 Å². The zero-order valence-corrected chi connectivity index (χ0v) is 19.3. The Hall–Kier alpha value is -2.62. The molecule has 1 aliphatic rings. The van der Waals surface area contributed by atoms with Gasteiger partial charge in [0.15, 0.2) is 11.5 Å². The molecule has 31 heavy (non-hydrogen) atoms. The first-order valence-electron chi connectivity index (χ1n) is 10.2. The summed E-state index contributed by atoms with van der Waals surface area (Å²) in [6, 6.07) is 11.1. The lowest BCUT2D eigenvalue weighted by Crippen LogP contribution is -2.36. The van der Waals surface area contributed by atoms with Crippen molar-refractivity contribution in [2.24, 2.45) is 0 Å². The van der Waals surface area contributed by atoms with Crippen LogP contribution in [0.4, 0.5) is 0 Å². The number of rotatable bonds is 7. The zero-order chi connectivity index (χ0) is 22.4. The van der Waals surface area contributed by atoms with Gasteiger partial charge in [-0.05, 0) is 56.7 Å². The van der Waals surface area contributed by atoms with Crippen LogP contribution < -0.4 is 14.8 Å². The van der Waals surface area contributed by atoms with Gasteiger partial charge in [-0.1, -0.05) is 6.07 Å². The number of sulfonamides is 1. The number of nitrogens with one attached hydrogen (secondary N) is 1. The molecule has 1 aromatic heterocycles. The number of benzene rings is 2. The van der Waals surface area contributed by atoms with Gasteiger partial charge in [0.25, 0.3) is 0 Å². The van der Waals surface area contributed by atoms with E-state index in [1.807, 2.05) is 24.3 Å². The fourth-order valence-electron chi connectivity index (χ4n) is 3.71. The van der Waals surface area contributed by atoms with E-state index in [1.54, 1.807) is 12.1 Å². The molecular weight excluding hydrogens is 416 g/mol. The summed E-state index contributed by atoms with van der Waals surface area (Å²) < 4.78 is 39.2. The molecule has 0 radical (unpaired) electrons. The third-order valence-electron chi connectivity index (χ3n) is 5.68. The molecule has 1 aliphatic heterocycles. The lowest BCUT2D eigenvalue weighted by atomic mass is 9.94. The zero-order valence-electron chi connectivity index (χ0n) is 18.5. The summed E-state index contributed by atoms with van der Waals surface area (Å²) in [6.45, 7) is 7.77. The molecule has 1 N–H and O–H groups in total. The standard InChI is InChI=1S/C22H28N4O4S/c1-6-26-18-9-8-16(31(27,28)25(4)5)12-17(18)24-21(26)13-23-22(2,3)15-7-10-19-20(11-15)30-14-29-19/h7-12,23H,6,13-14H2,1-5H3. The van der Waals surface area contributed by atoms with Crippen LogP contribution in [0.25, 0.3) is 11.0 Å². The van der Waals surface area contributed by atoms with Gasteiger partial charge in [-0.25, -0.2) is 17.7 Å². The summed E-state index contributed by atoms with van der Waals surface area (Å²) in [5.41, 5.74) is 2.33. The second-order valence-electron chi connectivity index (χ2n) is 8.26. The molecule has 4 rings (SSSR count). The lowest BCUT2D eigenvalue weighted by Gasteiger charge is -2.27. The summed E-state index contributed by atoms with van der Waals surface area (Å²) in [4.78, 5) is 4.99. The van der Waals surface area contributed by atoms with Crippen LogP contribution in [-0.2, 0) is 28.7 Å². The van der Waals surface area contributed by atoms with Crippen LogP contribution in [0.1, 0.15) is 32.2 Å². The molecule has 0 saturated heterocycles. The second kappa shape index (κ2) is 7.81. The van der Waals surface area contributed by atoms with Crippen molar-refractivity contribution >= 4 is 21.1 Å². The molecule has 2 heterocycles. The Morgan fingerprint density at radius 2 is 1.87 bits per heavy atom. The molecule has 0 bridgehead atoms. The van der Waals surface area contributed by atoms with Gasteiger partial charge in [0.2, 0.25) is 16.8 Å². The summed E-state index contributed by atoms with van der Waals surface area (Å²) in [6.07, 6.45) is 0. The number of nitrogens with zero attached hydrogens (tertiary/aromatic N) is 3. The van der Waals surface area contributed by atoms with Gasteiger partial charge >= 0.3 is 0 Å². The average Bonchev–Trinajstić information content (AvgIpc) is 3.34. The van der Waals surface area contributed by atoms with Crippen LogP contribution >= 0.6 is 0 Å². The lowest BCUT2D eigenvalue weighted by molar-refractivity contribution is 0.174. The van der Waals surface area contributed by atoms with E-state index in [0.29, 0.717) is 12.1 Å². The molecule has 0 spiro atoms. The second-order valence-corrected chi connectivity index (χ2v) is 10.4. The summed E-state index contributed by atoms with van der Waals surface area (Å²) in [5.74, 6) is 2.37. The van der Waals surface area contributed by atoms with Crippen molar-refractivity contribution in [1.29, 1.82) is 0 Å². The van der Waals surface area contributed by atoms with Crippen molar-refractivity contribution in [3.05, 3.63) is 47.8 Å². The normalized spacial score (nSPS) is 14.0. The van der Waals surface area contributed by atoms with Gasteiger partial charge in [-0.3, -0.25) is 0 Å². The predicted octanol–water partition coefficient (Wildman–Crippen LogP) is 3.06. The number of aromatic nitrogens is 2. The Bertz CT molecular complexity index is 1230. The maximum atomic E-state index is 12.5. The molecule has 9 heteroatoms. The summed E-state index contributed by atoms with van der Waals surface area (Å²) >= 11 is 0. The van der Waals surface area contributed by atoms with Gasteiger partial charge < -0.3 is 19.4 Å². The highest BCUT2D eigenvalue weighted by atomic mass is 32.2. The number of aryl methyl sites for hydroxylation is 1. The number of fused-ring (bicyclic) bond motifs is 2. The third-order valence-corrected chi connectivity index (χ3v) is 7.49. The van der Waals surface area contributed by atoms with Gasteiger partial charge in [0, 0.05) is 26.2 Å². The molecule has 0 aliphatic carbocycles. The highest BCUT2D eigenvalue weighted by molar-refractivity contribution is 7.89. The van der Waals surface area contributed by atoms with E-state index in [0.717, 1.165) is 34.9 Å². The van der Waals surface area contributed by atoms with Gasteiger partial charge in [0.05, 0.1) is 22.5 Å². The van der Waals surface area contributed by atoms with Gasteiger partial charge in [0.1, 0.15) is 5.82 Å². The van der Waals surface area contributed by atoms with Crippen molar-refractivity contribution in [2.45, 2.75) is 44.3 Å². The van der Waals surface area contributed by atoms with E-state index in [1.165, 1.54) is 18.4 Å². The summed E-state index contributed by atoms with van der Waals surface area (Å²) in [5, 5.41) is 3.58. The monoisotopic (exact) mass is 444 g/mol. The van der Waals surface area contributed by atoms with Crippen LogP contribution in [-0.4, -0.2) is 43.2 Å². The highest BCUT2D eigenvalue weighted by Crippen LogP contribution is 2.35. The fourth-order valence-corrected chi connectivity index (χ4v) is 4.63. The van der Waals surface area contributed by atoms with Crippen molar-refractivity contribution in [2.75, 3.05) is 20.9 Å². The SMILES string of the molecule is CCn1c(CNC(C)(C)c2ccc3c(c2)OCO3)nc2cc(S(=O)(=O)N(C)C)ccc21. The van der Waals surface area contributed by atoms with E-state index in [-0.39, 0.29) is 17.2 Å². The minimum absolute atomic E-state index is 0.242. The first-order chi connectivity index (χ1) is 14.6. The maximum Gasteiger partial charge on any atom is 0.242 e. The molecule has 8 nitrogen and oxygen atoms in total. The molecule has 0 amide bonds.